The first-order chi connectivity index (χ1) is 5.84. The summed E-state index contributed by atoms with van der Waals surface area (Å²) >= 11 is 0. The predicted molar refractivity (Wildman–Crippen MR) is 41.1 cm³/mol. The third-order valence-electron chi connectivity index (χ3n) is 2.19. The van der Waals surface area contributed by atoms with Crippen LogP contribution >= 0.6 is 0 Å². The number of hydrogen-bond donors (Lipinski definition) is 0. The highest BCUT2D eigenvalue weighted by Crippen LogP contribution is 2.28. The van der Waals surface area contributed by atoms with E-state index in [4.69, 9.17) is 7.85 Å². The zero-order valence-electron chi connectivity index (χ0n) is 7.14. The van der Waals surface area contributed by atoms with Gasteiger partial charge in [-0.1, -0.05) is 0 Å². The Morgan fingerprint density at radius 1 is 1.46 bits per heavy atom. The number of amides is 1. The molecule has 1 heterocycles. The minimum Gasteiger partial charge on any atom is -0.338 e. The van der Waals surface area contributed by atoms with Crippen molar-refractivity contribution in [2.75, 3.05) is 0 Å². The van der Waals surface area contributed by atoms with Crippen molar-refractivity contribution in [3.8, 4) is 0 Å². The number of carbonyl (C=O) groups is 1. The van der Waals surface area contributed by atoms with E-state index < -0.39 is 24.1 Å². The molecule has 0 aromatic rings. The standard InChI is InChI=1S/C7H9BF3NO/c1-4-2-3-5(8)12(4)6(13)7(9,10)11/h4-5H,2-3H2,1H3/t4-,5-/m1/s1. The molecule has 1 aliphatic rings. The van der Waals surface area contributed by atoms with Crippen LogP contribution in [0.5, 0.6) is 0 Å². The molecule has 1 aliphatic heterocycles. The molecule has 2 radical (unpaired) electrons. The van der Waals surface area contributed by atoms with E-state index in [1.807, 2.05) is 0 Å². The molecule has 0 saturated carbocycles. The van der Waals surface area contributed by atoms with Crippen molar-refractivity contribution in [3.05, 3.63) is 0 Å². The molecule has 1 fully saturated rings. The molecule has 0 aromatic carbocycles. The summed E-state index contributed by atoms with van der Waals surface area (Å²) in [5, 5.41) is 0. The van der Waals surface area contributed by atoms with Gasteiger partial charge in [0, 0.05) is 6.04 Å². The fourth-order valence-electron chi connectivity index (χ4n) is 1.51. The van der Waals surface area contributed by atoms with Crippen LogP contribution in [0.3, 0.4) is 0 Å². The van der Waals surface area contributed by atoms with Gasteiger partial charge in [-0.25, -0.2) is 0 Å². The maximum Gasteiger partial charge on any atom is 0.471 e. The average molecular weight is 191 g/mol. The second-order valence-corrected chi connectivity index (χ2v) is 3.20. The second-order valence-electron chi connectivity index (χ2n) is 3.20. The van der Waals surface area contributed by atoms with E-state index in [2.05, 4.69) is 0 Å². The lowest BCUT2D eigenvalue weighted by molar-refractivity contribution is -0.186. The van der Waals surface area contributed by atoms with Crippen LogP contribution in [0.25, 0.3) is 0 Å². The van der Waals surface area contributed by atoms with Crippen LogP contribution in [0.2, 0.25) is 0 Å². The molecule has 1 saturated heterocycles. The van der Waals surface area contributed by atoms with Crippen LogP contribution in [0.15, 0.2) is 0 Å². The van der Waals surface area contributed by atoms with Crippen LogP contribution in [0.1, 0.15) is 19.8 Å². The molecule has 13 heavy (non-hydrogen) atoms. The van der Waals surface area contributed by atoms with Gasteiger partial charge in [-0.05, 0) is 25.7 Å². The Balaban J connectivity index is 2.76. The fraction of sp³-hybridized carbons (Fsp3) is 0.857. The number of rotatable bonds is 0. The van der Waals surface area contributed by atoms with Crippen molar-refractivity contribution in [3.63, 3.8) is 0 Å². The fourth-order valence-corrected chi connectivity index (χ4v) is 1.51. The number of hydrogen-bond acceptors (Lipinski definition) is 1. The van der Waals surface area contributed by atoms with Crippen LogP contribution < -0.4 is 0 Å². The first-order valence-electron chi connectivity index (χ1n) is 3.99. The van der Waals surface area contributed by atoms with Crippen LogP contribution in [0, 0.1) is 0 Å². The lowest BCUT2D eigenvalue weighted by Gasteiger charge is -2.27. The van der Waals surface area contributed by atoms with E-state index in [9.17, 15) is 18.0 Å². The molecule has 0 aromatic heterocycles. The second kappa shape index (κ2) is 3.23. The highest BCUT2D eigenvalue weighted by molar-refractivity contribution is 6.13. The average Bonchev–Trinajstić information content (AvgIpc) is 2.28. The van der Waals surface area contributed by atoms with Gasteiger partial charge in [0.1, 0.15) is 0 Å². The summed E-state index contributed by atoms with van der Waals surface area (Å²) in [6.45, 7) is 1.57. The van der Waals surface area contributed by atoms with Gasteiger partial charge < -0.3 is 4.90 Å². The molecule has 0 N–H and O–H groups in total. The minimum atomic E-state index is -4.81. The van der Waals surface area contributed by atoms with Crippen molar-refractivity contribution in [1.82, 2.24) is 4.90 Å². The third-order valence-corrected chi connectivity index (χ3v) is 2.19. The lowest BCUT2D eigenvalue weighted by Crippen LogP contribution is -2.47. The zero-order chi connectivity index (χ0) is 10.2. The molecule has 1 rings (SSSR count). The topological polar surface area (TPSA) is 20.3 Å². The molecule has 0 spiro atoms. The normalized spacial score (nSPS) is 29.4. The van der Waals surface area contributed by atoms with Crippen LogP contribution in [-0.4, -0.2) is 36.8 Å². The van der Waals surface area contributed by atoms with E-state index in [0.29, 0.717) is 17.7 Å². The summed E-state index contributed by atoms with van der Waals surface area (Å²) in [4.78, 5) is 11.5. The van der Waals surface area contributed by atoms with Gasteiger partial charge in [-0.2, -0.15) is 13.2 Å². The van der Waals surface area contributed by atoms with E-state index in [-0.39, 0.29) is 0 Å². The summed E-state index contributed by atoms with van der Waals surface area (Å²) in [6.07, 6.45) is -3.85. The van der Waals surface area contributed by atoms with Crippen LogP contribution in [0.4, 0.5) is 13.2 Å². The molecule has 0 aliphatic carbocycles. The first kappa shape index (κ1) is 10.4. The molecule has 72 valence electrons. The monoisotopic (exact) mass is 191 g/mol. The highest BCUT2D eigenvalue weighted by atomic mass is 19.4. The number of alkyl halides is 3. The number of carbonyl (C=O) groups excluding carboxylic acids is 1. The van der Waals surface area contributed by atoms with Crippen molar-refractivity contribution >= 4 is 13.8 Å². The Morgan fingerprint density at radius 3 is 2.31 bits per heavy atom. The van der Waals surface area contributed by atoms with Crippen LogP contribution in [-0.2, 0) is 4.79 Å². The number of likely N-dealkylation sites (tertiary alicyclic amines) is 1. The van der Waals surface area contributed by atoms with Crippen molar-refractivity contribution in [2.24, 2.45) is 0 Å². The number of nitrogens with zero attached hydrogens (tertiary/aromatic N) is 1. The van der Waals surface area contributed by atoms with E-state index in [1.165, 1.54) is 0 Å². The van der Waals surface area contributed by atoms with Gasteiger partial charge in [-0.3, -0.25) is 4.79 Å². The summed E-state index contributed by atoms with van der Waals surface area (Å²) < 4.78 is 36.0. The zero-order valence-corrected chi connectivity index (χ0v) is 7.14. The summed E-state index contributed by atoms with van der Waals surface area (Å²) in [5.74, 6) is -2.62. The number of halogens is 3. The van der Waals surface area contributed by atoms with Gasteiger partial charge in [-0.15, -0.1) is 0 Å². The Hall–Kier alpha value is -0.675. The molecular formula is C7H9BF3NO. The highest BCUT2D eigenvalue weighted by Gasteiger charge is 2.46. The summed E-state index contributed by atoms with van der Waals surface area (Å²) in [6, 6.07) is -0.413. The maximum absolute atomic E-state index is 12.0. The molecular weight excluding hydrogens is 182 g/mol. The quantitative estimate of drug-likeness (QED) is 0.524. The molecule has 0 bridgehead atoms. The van der Waals surface area contributed by atoms with Gasteiger partial charge >= 0.3 is 12.1 Å². The van der Waals surface area contributed by atoms with Gasteiger partial charge in [0.15, 0.2) is 0 Å². The van der Waals surface area contributed by atoms with Crippen molar-refractivity contribution in [2.45, 2.75) is 37.9 Å². The van der Waals surface area contributed by atoms with Gasteiger partial charge in [0.25, 0.3) is 0 Å². The molecule has 0 unspecified atom stereocenters. The lowest BCUT2D eigenvalue weighted by atomic mass is 9.94. The molecule has 6 heteroatoms. The van der Waals surface area contributed by atoms with E-state index in [1.54, 1.807) is 6.92 Å². The SMILES string of the molecule is [B][C@H]1CC[C@@H](C)N1C(=O)C(F)(F)F. The van der Waals surface area contributed by atoms with E-state index >= 15 is 0 Å². The van der Waals surface area contributed by atoms with Crippen molar-refractivity contribution < 1.29 is 18.0 Å². The van der Waals surface area contributed by atoms with Gasteiger partial charge in [0.2, 0.25) is 0 Å². The Bertz CT molecular complexity index is 208. The summed E-state index contributed by atoms with van der Waals surface area (Å²) in [5.41, 5.74) is 0. The van der Waals surface area contributed by atoms with E-state index in [0.717, 1.165) is 0 Å². The summed E-state index contributed by atoms with van der Waals surface area (Å²) in [7, 11) is 5.37. The predicted octanol–water partition coefficient (Wildman–Crippen LogP) is 1.05. The molecule has 2 nitrogen and oxygen atoms in total. The smallest absolute Gasteiger partial charge is 0.338 e. The first-order valence-corrected chi connectivity index (χ1v) is 3.99. The van der Waals surface area contributed by atoms with Gasteiger partial charge in [0.05, 0.1) is 7.85 Å². The Labute approximate surface area is 75.5 Å². The Kier molecular flexibility index (Phi) is 2.59. The Morgan fingerprint density at radius 2 is 2.00 bits per heavy atom. The molecule has 1 amide bonds. The minimum absolute atomic E-state index is 0.413. The maximum atomic E-state index is 12.0. The largest absolute Gasteiger partial charge is 0.471 e. The molecule has 2 atom stereocenters. The van der Waals surface area contributed by atoms with Crippen molar-refractivity contribution in [1.29, 1.82) is 0 Å². The third kappa shape index (κ3) is 1.98.